The number of hydrogen-bond acceptors (Lipinski definition) is 8. The van der Waals surface area contributed by atoms with Gasteiger partial charge in [0.1, 0.15) is 6.54 Å². The standard InChI is InChI=1S/C25H46N8O3/c1-4-31(5-2)14-7-11-27-18-23(34)29-24(35)19-33(17-16-32-15-12-28-20-32)25(36)22(26)10-9-21-8-6-13-30(21)3/h12,15,20-22,27H,4-11,13-14,16-19,26H2,1-3H3,(H,29,34,35)/t21-,22-/m0/s1. The predicted molar refractivity (Wildman–Crippen MR) is 140 cm³/mol. The number of carbonyl (C=O) groups is 3. The van der Waals surface area contributed by atoms with Crippen molar-refractivity contribution >= 4 is 17.7 Å². The first-order valence-corrected chi connectivity index (χ1v) is 13.3. The SMILES string of the molecule is CCN(CC)CCCNCC(=O)NC(=O)CN(CCn1ccnc1)C(=O)[C@@H](N)CC[C@@H]1CCCN1C. The summed E-state index contributed by atoms with van der Waals surface area (Å²) >= 11 is 0. The zero-order valence-electron chi connectivity index (χ0n) is 22.3. The van der Waals surface area contributed by atoms with Crippen molar-refractivity contribution in [2.45, 2.75) is 64.6 Å². The van der Waals surface area contributed by atoms with Gasteiger partial charge < -0.3 is 30.3 Å². The Labute approximate surface area is 215 Å². The summed E-state index contributed by atoms with van der Waals surface area (Å²) in [5.41, 5.74) is 6.26. The third kappa shape index (κ3) is 10.7. The van der Waals surface area contributed by atoms with Gasteiger partial charge in [0.25, 0.3) is 0 Å². The maximum atomic E-state index is 13.1. The highest BCUT2D eigenvalue weighted by molar-refractivity contribution is 5.98. The minimum Gasteiger partial charge on any atom is -0.336 e. The fourth-order valence-corrected chi connectivity index (χ4v) is 4.58. The first-order chi connectivity index (χ1) is 17.3. The molecular weight excluding hydrogens is 460 g/mol. The van der Waals surface area contributed by atoms with Crippen LogP contribution in [0, 0.1) is 0 Å². The quantitative estimate of drug-likeness (QED) is 0.250. The number of hydrogen-bond donors (Lipinski definition) is 3. The van der Waals surface area contributed by atoms with Gasteiger partial charge in [0.2, 0.25) is 17.7 Å². The zero-order chi connectivity index (χ0) is 26.3. The second-order valence-electron chi connectivity index (χ2n) is 9.55. The van der Waals surface area contributed by atoms with Crippen LogP contribution in [0.1, 0.15) is 46.0 Å². The molecule has 2 heterocycles. The number of likely N-dealkylation sites (tertiary alicyclic amines) is 1. The van der Waals surface area contributed by atoms with Crippen molar-refractivity contribution in [2.24, 2.45) is 5.73 Å². The fourth-order valence-electron chi connectivity index (χ4n) is 4.58. The third-order valence-corrected chi connectivity index (χ3v) is 6.92. The molecule has 2 rings (SSSR count). The summed E-state index contributed by atoms with van der Waals surface area (Å²) < 4.78 is 1.84. The van der Waals surface area contributed by atoms with Crippen molar-refractivity contribution in [1.82, 2.24) is 34.9 Å². The molecule has 0 spiro atoms. The molecule has 0 bridgehead atoms. The minimum absolute atomic E-state index is 0.0569. The molecule has 0 unspecified atom stereocenters. The summed E-state index contributed by atoms with van der Waals surface area (Å²) in [6.45, 7) is 9.62. The second-order valence-corrected chi connectivity index (χ2v) is 9.55. The molecular formula is C25H46N8O3. The molecule has 1 aromatic heterocycles. The summed E-state index contributed by atoms with van der Waals surface area (Å²) in [5.74, 6) is -1.18. The molecule has 2 atom stereocenters. The van der Waals surface area contributed by atoms with E-state index in [4.69, 9.17) is 5.73 Å². The first-order valence-electron chi connectivity index (χ1n) is 13.3. The average Bonchev–Trinajstić information content (AvgIpc) is 3.53. The van der Waals surface area contributed by atoms with Gasteiger partial charge in [0, 0.05) is 31.5 Å². The lowest BCUT2D eigenvalue weighted by molar-refractivity contribution is -0.139. The fraction of sp³-hybridized carbons (Fsp3) is 0.760. The smallest absolute Gasteiger partial charge is 0.246 e. The molecule has 0 saturated carbocycles. The number of nitrogens with two attached hydrogens (primary N) is 1. The van der Waals surface area contributed by atoms with E-state index in [1.54, 1.807) is 18.7 Å². The van der Waals surface area contributed by atoms with Gasteiger partial charge in [-0.15, -0.1) is 0 Å². The van der Waals surface area contributed by atoms with Gasteiger partial charge in [-0.25, -0.2) is 4.98 Å². The number of rotatable bonds is 17. The van der Waals surface area contributed by atoms with Crippen LogP contribution in [-0.2, 0) is 20.9 Å². The Hall–Kier alpha value is -2.34. The lowest BCUT2D eigenvalue weighted by Gasteiger charge is -2.26. The molecule has 11 nitrogen and oxygen atoms in total. The molecule has 1 aromatic rings. The van der Waals surface area contributed by atoms with Crippen LogP contribution in [0.15, 0.2) is 18.7 Å². The van der Waals surface area contributed by atoms with Crippen LogP contribution >= 0.6 is 0 Å². The van der Waals surface area contributed by atoms with Crippen molar-refractivity contribution in [3.63, 3.8) is 0 Å². The Bertz CT molecular complexity index is 784. The number of imide groups is 1. The van der Waals surface area contributed by atoms with Crippen molar-refractivity contribution in [2.75, 3.05) is 59.4 Å². The highest BCUT2D eigenvalue weighted by Crippen LogP contribution is 2.20. The number of carbonyl (C=O) groups excluding carboxylic acids is 3. The number of nitrogens with zero attached hydrogens (tertiary/aromatic N) is 5. The highest BCUT2D eigenvalue weighted by Gasteiger charge is 2.26. The molecule has 0 aliphatic carbocycles. The summed E-state index contributed by atoms with van der Waals surface area (Å²) in [6, 6.07) is -0.235. The minimum atomic E-state index is -0.683. The van der Waals surface area contributed by atoms with E-state index in [9.17, 15) is 14.4 Å². The Morgan fingerprint density at radius 3 is 2.61 bits per heavy atom. The normalized spacial score (nSPS) is 16.9. The monoisotopic (exact) mass is 506 g/mol. The molecule has 1 aliphatic rings. The number of imidazole rings is 1. The number of amides is 3. The third-order valence-electron chi connectivity index (χ3n) is 6.92. The molecule has 1 fully saturated rings. The zero-order valence-corrected chi connectivity index (χ0v) is 22.3. The van der Waals surface area contributed by atoms with Crippen LogP contribution in [-0.4, -0.2) is 113 Å². The van der Waals surface area contributed by atoms with E-state index >= 15 is 0 Å². The van der Waals surface area contributed by atoms with Gasteiger partial charge in [-0.1, -0.05) is 13.8 Å². The van der Waals surface area contributed by atoms with E-state index in [-0.39, 0.29) is 19.0 Å². The molecule has 0 radical (unpaired) electrons. The van der Waals surface area contributed by atoms with Crippen LogP contribution in [0.4, 0.5) is 0 Å². The Morgan fingerprint density at radius 1 is 1.19 bits per heavy atom. The summed E-state index contributed by atoms with van der Waals surface area (Å²) in [7, 11) is 2.10. The van der Waals surface area contributed by atoms with E-state index < -0.39 is 17.9 Å². The van der Waals surface area contributed by atoms with Crippen molar-refractivity contribution in [1.29, 1.82) is 0 Å². The Morgan fingerprint density at radius 2 is 1.97 bits per heavy atom. The van der Waals surface area contributed by atoms with Gasteiger partial charge in [0.05, 0.1) is 18.9 Å². The molecule has 36 heavy (non-hydrogen) atoms. The van der Waals surface area contributed by atoms with Crippen LogP contribution in [0.3, 0.4) is 0 Å². The molecule has 1 saturated heterocycles. The maximum absolute atomic E-state index is 13.1. The molecule has 1 aliphatic heterocycles. The van der Waals surface area contributed by atoms with Gasteiger partial charge in [-0.05, 0) is 71.9 Å². The lowest BCUT2D eigenvalue weighted by atomic mass is 10.0. The highest BCUT2D eigenvalue weighted by atomic mass is 16.2. The van der Waals surface area contributed by atoms with Crippen molar-refractivity contribution < 1.29 is 14.4 Å². The van der Waals surface area contributed by atoms with Crippen LogP contribution < -0.4 is 16.4 Å². The largest absolute Gasteiger partial charge is 0.336 e. The molecule has 4 N–H and O–H groups in total. The maximum Gasteiger partial charge on any atom is 0.246 e. The molecule has 204 valence electrons. The summed E-state index contributed by atoms with van der Waals surface area (Å²) in [6.07, 6.45) is 9.75. The van der Waals surface area contributed by atoms with Crippen molar-refractivity contribution in [3.05, 3.63) is 18.7 Å². The number of aromatic nitrogens is 2. The first kappa shape index (κ1) is 29.9. The van der Waals surface area contributed by atoms with E-state index in [1.807, 2.05) is 4.57 Å². The van der Waals surface area contributed by atoms with E-state index in [0.29, 0.717) is 32.1 Å². The summed E-state index contributed by atoms with van der Waals surface area (Å²) in [4.78, 5) is 48.0. The molecule has 11 heteroatoms. The molecule has 0 aromatic carbocycles. The Balaban J connectivity index is 1.81. The Kier molecular flexibility index (Phi) is 13.6. The number of nitrogens with one attached hydrogen (secondary N) is 2. The van der Waals surface area contributed by atoms with Crippen LogP contribution in [0.5, 0.6) is 0 Å². The van der Waals surface area contributed by atoms with Gasteiger partial charge >= 0.3 is 0 Å². The average molecular weight is 507 g/mol. The lowest BCUT2D eigenvalue weighted by Crippen LogP contribution is -2.50. The summed E-state index contributed by atoms with van der Waals surface area (Å²) in [5, 5.41) is 5.46. The topological polar surface area (TPSA) is 129 Å². The van der Waals surface area contributed by atoms with Crippen LogP contribution in [0.2, 0.25) is 0 Å². The second kappa shape index (κ2) is 16.4. The van der Waals surface area contributed by atoms with Gasteiger partial charge in [-0.2, -0.15) is 0 Å². The van der Waals surface area contributed by atoms with E-state index in [0.717, 1.165) is 45.4 Å². The predicted octanol–water partition coefficient (Wildman–Crippen LogP) is -0.122. The van der Waals surface area contributed by atoms with Crippen LogP contribution in [0.25, 0.3) is 0 Å². The molecule has 3 amide bonds. The van der Waals surface area contributed by atoms with Gasteiger partial charge in [0.15, 0.2) is 0 Å². The van der Waals surface area contributed by atoms with E-state index in [1.165, 1.54) is 11.3 Å². The van der Waals surface area contributed by atoms with Gasteiger partial charge in [-0.3, -0.25) is 19.7 Å². The van der Waals surface area contributed by atoms with Crippen molar-refractivity contribution in [3.8, 4) is 0 Å². The van der Waals surface area contributed by atoms with E-state index in [2.05, 4.69) is 46.3 Å².